The molecule has 0 N–H and O–H groups in total. The average Bonchev–Trinajstić information content (AvgIpc) is 2.05. The predicted molar refractivity (Wildman–Crippen MR) is 44.4 cm³/mol. The van der Waals surface area contributed by atoms with Gasteiger partial charge < -0.3 is 0 Å². The monoisotopic (exact) mass is 209 g/mol. The Bertz CT molecular complexity index is 327. The Labute approximate surface area is 72.6 Å². The molecule has 0 aromatic heterocycles. The fourth-order valence-electron chi connectivity index (χ4n) is 0.711. The summed E-state index contributed by atoms with van der Waals surface area (Å²) in [4.78, 5) is 10.7. The Balaban J connectivity index is 3.13. The topological polar surface area (TPSA) is 40.9 Å². The molecule has 1 rings (SSSR count). The van der Waals surface area contributed by atoms with Crippen LogP contribution in [-0.2, 0) is 0 Å². The summed E-state index contributed by atoms with van der Waals surface area (Å²) in [5.41, 5.74) is 0.999. The number of halogens is 1. The minimum Gasteiger partial charge on any atom is -0.281 e. The maximum Gasteiger partial charge on any atom is 0.228 e. The first-order valence-corrected chi connectivity index (χ1v) is 3.73. The number of nitrogens with zero attached hydrogens (tertiary/aromatic N) is 1. The second-order valence-electron chi connectivity index (χ2n) is 1.97. The largest absolute Gasteiger partial charge is 0.281 e. The number of hydrogen-bond donors (Lipinski definition) is 0. The van der Waals surface area contributed by atoms with Crippen LogP contribution in [0.1, 0.15) is 15.9 Å². The first kappa shape index (κ1) is 7.96. The molecule has 0 unspecified atom stereocenters. The van der Waals surface area contributed by atoms with Crippen molar-refractivity contribution in [3.8, 4) is 6.07 Å². The van der Waals surface area contributed by atoms with Crippen LogP contribution < -0.4 is 0 Å². The summed E-state index contributed by atoms with van der Waals surface area (Å²) in [5.74, 6) is 0. The van der Waals surface area contributed by atoms with E-state index in [4.69, 9.17) is 5.26 Å². The molecular weight excluding hydrogens is 206 g/mol. The molecule has 3 heteroatoms. The smallest absolute Gasteiger partial charge is 0.228 e. The van der Waals surface area contributed by atoms with Crippen LogP contribution >= 0.6 is 15.9 Å². The van der Waals surface area contributed by atoms with Gasteiger partial charge in [0.1, 0.15) is 0 Å². The molecule has 0 saturated carbocycles. The highest BCUT2D eigenvalue weighted by Gasteiger charge is 2.00. The molecule has 0 bridgehead atoms. The van der Waals surface area contributed by atoms with E-state index >= 15 is 0 Å². The van der Waals surface area contributed by atoms with Gasteiger partial charge in [0, 0.05) is 5.56 Å². The summed E-state index contributed by atoms with van der Waals surface area (Å²) >= 11 is 2.80. The Morgan fingerprint density at radius 3 is 2.82 bits per heavy atom. The molecule has 2 nitrogen and oxygen atoms in total. The summed E-state index contributed by atoms with van der Waals surface area (Å²) in [6, 6.07) is 8.46. The lowest BCUT2D eigenvalue weighted by Crippen LogP contribution is -1.87. The van der Waals surface area contributed by atoms with Crippen molar-refractivity contribution >= 4 is 20.6 Å². The van der Waals surface area contributed by atoms with Gasteiger partial charge in [-0.2, -0.15) is 5.26 Å². The molecule has 0 heterocycles. The van der Waals surface area contributed by atoms with E-state index in [0.29, 0.717) is 11.1 Å². The van der Waals surface area contributed by atoms with Gasteiger partial charge in [0.05, 0.1) is 11.6 Å². The second-order valence-corrected chi connectivity index (χ2v) is 2.69. The average molecular weight is 210 g/mol. The normalized spacial score (nSPS) is 8.73. The first-order valence-electron chi connectivity index (χ1n) is 2.94. The third kappa shape index (κ3) is 1.89. The molecule has 0 aliphatic carbocycles. The Kier molecular flexibility index (Phi) is 2.40. The summed E-state index contributed by atoms with van der Waals surface area (Å²) in [7, 11) is 0. The first-order chi connectivity index (χ1) is 5.24. The highest BCUT2D eigenvalue weighted by Crippen LogP contribution is 2.07. The van der Waals surface area contributed by atoms with Gasteiger partial charge in [-0.15, -0.1) is 0 Å². The van der Waals surface area contributed by atoms with E-state index in [0.717, 1.165) is 0 Å². The van der Waals surface area contributed by atoms with Crippen LogP contribution in [-0.4, -0.2) is 4.69 Å². The lowest BCUT2D eigenvalue weighted by molar-refractivity contribution is 0.109. The van der Waals surface area contributed by atoms with Crippen LogP contribution in [0.5, 0.6) is 0 Å². The third-order valence-corrected chi connectivity index (χ3v) is 1.68. The van der Waals surface area contributed by atoms with Crippen LogP contribution in [0, 0.1) is 11.3 Å². The molecule has 54 valence electrons. The van der Waals surface area contributed by atoms with Crippen molar-refractivity contribution in [2.24, 2.45) is 0 Å². The number of carbonyl (C=O) groups is 1. The van der Waals surface area contributed by atoms with Gasteiger partial charge in [0.2, 0.25) is 4.69 Å². The fourth-order valence-corrected chi connectivity index (χ4v) is 0.958. The molecule has 0 spiro atoms. The number of carbonyl (C=O) groups excluding carboxylic acids is 1. The van der Waals surface area contributed by atoms with Crippen LogP contribution in [0.4, 0.5) is 0 Å². The molecule has 1 aromatic rings. The molecule has 0 atom stereocenters. The van der Waals surface area contributed by atoms with Gasteiger partial charge >= 0.3 is 0 Å². The van der Waals surface area contributed by atoms with E-state index in [1.54, 1.807) is 18.2 Å². The standard InChI is InChI=1S/C8H4BrNO/c9-8(11)7-3-1-2-6(4-7)5-10/h1-4H. The van der Waals surface area contributed by atoms with Crippen molar-refractivity contribution in [3.63, 3.8) is 0 Å². The lowest BCUT2D eigenvalue weighted by Gasteiger charge is -1.91. The quantitative estimate of drug-likeness (QED) is 0.666. The van der Waals surface area contributed by atoms with Crippen molar-refractivity contribution < 1.29 is 4.79 Å². The van der Waals surface area contributed by atoms with Crippen molar-refractivity contribution in [3.05, 3.63) is 35.4 Å². The minimum atomic E-state index is -0.199. The molecule has 0 amide bonds. The molecular formula is C8H4BrNO. The zero-order valence-electron chi connectivity index (χ0n) is 5.54. The van der Waals surface area contributed by atoms with Gasteiger partial charge in [-0.3, -0.25) is 4.79 Å². The summed E-state index contributed by atoms with van der Waals surface area (Å²) < 4.78 is -0.199. The molecule has 0 saturated heterocycles. The number of rotatable bonds is 1. The number of nitriles is 1. The minimum absolute atomic E-state index is 0.199. The van der Waals surface area contributed by atoms with Gasteiger partial charge in [-0.05, 0) is 28.1 Å². The molecule has 1 aromatic carbocycles. The van der Waals surface area contributed by atoms with Gasteiger partial charge in [0.25, 0.3) is 0 Å². The summed E-state index contributed by atoms with van der Waals surface area (Å²) in [5, 5.41) is 8.47. The molecule has 0 fully saturated rings. The molecule has 0 aliphatic rings. The van der Waals surface area contributed by atoms with E-state index in [1.165, 1.54) is 6.07 Å². The van der Waals surface area contributed by atoms with E-state index in [1.807, 2.05) is 6.07 Å². The fraction of sp³-hybridized carbons (Fsp3) is 0. The SMILES string of the molecule is N#Cc1cccc(C(=O)Br)c1. The highest BCUT2D eigenvalue weighted by atomic mass is 79.9. The van der Waals surface area contributed by atoms with E-state index in [9.17, 15) is 4.79 Å². The third-order valence-electron chi connectivity index (χ3n) is 1.22. The van der Waals surface area contributed by atoms with Crippen molar-refractivity contribution in [2.45, 2.75) is 0 Å². The molecule has 0 radical (unpaired) electrons. The number of hydrogen-bond acceptors (Lipinski definition) is 2. The van der Waals surface area contributed by atoms with Crippen LogP contribution in [0.25, 0.3) is 0 Å². The number of benzene rings is 1. The van der Waals surface area contributed by atoms with Gasteiger partial charge in [0.15, 0.2) is 0 Å². The van der Waals surface area contributed by atoms with E-state index in [2.05, 4.69) is 15.9 Å². The second kappa shape index (κ2) is 3.31. The van der Waals surface area contributed by atoms with Gasteiger partial charge in [-0.1, -0.05) is 12.1 Å². The lowest BCUT2D eigenvalue weighted by atomic mass is 10.1. The molecule has 0 aliphatic heterocycles. The van der Waals surface area contributed by atoms with E-state index in [-0.39, 0.29) is 4.69 Å². The highest BCUT2D eigenvalue weighted by molar-refractivity contribution is 9.18. The van der Waals surface area contributed by atoms with Crippen LogP contribution in [0.15, 0.2) is 24.3 Å². The summed E-state index contributed by atoms with van der Waals surface area (Å²) in [6.07, 6.45) is 0. The summed E-state index contributed by atoms with van der Waals surface area (Å²) in [6.45, 7) is 0. The van der Waals surface area contributed by atoms with E-state index < -0.39 is 0 Å². The predicted octanol–water partition coefficient (Wildman–Crippen LogP) is 2.09. The van der Waals surface area contributed by atoms with Crippen LogP contribution in [0.2, 0.25) is 0 Å². The Morgan fingerprint density at radius 2 is 2.27 bits per heavy atom. The van der Waals surface area contributed by atoms with Crippen molar-refractivity contribution in [1.29, 1.82) is 5.26 Å². The van der Waals surface area contributed by atoms with Crippen LogP contribution in [0.3, 0.4) is 0 Å². The van der Waals surface area contributed by atoms with Crippen molar-refractivity contribution in [1.82, 2.24) is 0 Å². The Hall–Kier alpha value is -1.14. The van der Waals surface area contributed by atoms with Gasteiger partial charge in [-0.25, -0.2) is 0 Å². The maximum atomic E-state index is 10.7. The zero-order valence-corrected chi connectivity index (χ0v) is 7.13. The molecule has 11 heavy (non-hydrogen) atoms. The maximum absolute atomic E-state index is 10.7. The Morgan fingerprint density at radius 1 is 1.55 bits per heavy atom. The van der Waals surface area contributed by atoms with Crippen molar-refractivity contribution in [2.75, 3.05) is 0 Å². The zero-order chi connectivity index (χ0) is 8.27.